The molecule has 0 aliphatic carbocycles. The number of esters is 1. The van der Waals surface area contributed by atoms with Crippen LogP contribution in [-0.2, 0) is 4.74 Å². The third kappa shape index (κ3) is 3.14. The molecule has 0 saturated carbocycles. The molecule has 0 bridgehead atoms. The van der Waals surface area contributed by atoms with Gasteiger partial charge in [-0.15, -0.1) is 0 Å². The summed E-state index contributed by atoms with van der Waals surface area (Å²) in [5.41, 5.74) is 1.36. The van der Waals surface area contributed by atoms with E-state index in [1.54, 1.807) is 24.3 Å². The van der Waals surface area contributed by atoms with Gasteiger partial charge in [-0.05, 0) is 30.3 Å². The van der Waals surface area contributed by atoms with E-state index in [2.05, 4.69) is 15.0 Å². The maximum atomic E-state index is 11.8. The Labute approximate surface area is 114 Å². The molecule has 0 aliphatic rings. The highest BCUT2D eigenvalue weighted by Crippen LogP contribution is 2.14. The molecule has 0 aliphatic heterocycles. The van der Waals surface area contributed by atoms with Crippen LogP contribution in [0.4, 0.5) is 5.69 Å². The van der Waals surface area contributed by atoms with Gasteiger partial charge >= 0.3 is 5.97 Å². The van der Waals surface area contributed by atoms with Crippen molar-refractivity contribution >= 4 is 29.2 Å². The van der Waals surface area contributed by atoms with Crippen LogP contribution in [0.1, 0.15) is 20.8 Å². The number of anilines is 1. The Balaban J connectivity index is 2.07. The number of nitrogens with one attached hydrogen (secondary N) is 2. The second-order valence-corrected chi connectivity index (χ2v) is 4.19. The van der Waals surface area contributed by atoms with Crippen LogP contribution in [0.3, 0.4) is 0 Å². The van der Waals surface area contributed by atoms with E-state index in [-0.39, 0.29) is 5.91 Å². The highest BCUT2D eigenvalue weighted by Gasteiger charge is 2.09. The number of H-pyrrole nitrogens is 1. The first-order valence-electron chi connectivity index (χ1n) is 5.44. The van der Waals surface area contributed by atoms with Crippen LogP contribution in [0.5, 0.6) is 0 Å². The molecule has 1 aromatic carbocycles. The fourth-order valence-electron chi connectivity index (χ4n) is 1.50. The number of halogens is 1. The largest absolute Gasteiger partial charge is 0.465 e. The van der Waals surface area contributed by atoms with Gasteiger partial charge in [0.1, 0.15) is 5.69 Å². The highest BCUT2D eigenvalue weighted by atomic mass is 35.5. The SMILES string of the molecule is COC(=O)c1ccc(NC(=O)c2cc(Cl)c[nH]2)cc1. The van der Waals surface area contributed by atoms with Crippen LogP contribution in [0, 0.1) is 0 Å². The average molecular weight is 279 g/mol. The third-order valence-corrected chi connectivity index (χ3v) is 2.67. The van der Waals surface area contributed by atoms with E-state index in [4.69, 9.17) is 11.6 Å². The van der Waals surface area contributed by atoms with Gasteiger partial charge in [0.2, 0.25) is 0 Å². The second-order valence-electron chi connectivity index (χ2n) is 3.75. The summed E-state index contributed by atoms with van der Waals surface area (Å²) in [7, 11) is 1.31. The van der Waals surface area contributed by atoms with Crippen molar-refractivity contribution in [2.75, 3.05) is 12.4 Å². The van der Waals surface area contributed by atoms with Gasteiger partial charge < -0.3 is 15.0 Å². The van der Waals surface area contributed by atoms with Crippen molar-refractivity contribution < 1.29 is 14.3 Å². The quantitative estimate of drug-likeness (QED) is 0.848. The van der Waals surface area contributed by atoms with Crippen molar-refractivity contribution in [3.63, 3.8) is 0 Å². The molecule has 2 N–H and O–H groups in total. The number of carbonyl (C=O) groups excluding carboxylic acids is 2. The van der Waals surface area contributed by atoms with Gasteiger partial charge in [-0.25, -0.2) is 4.79 Å². The Morgan fingerprint density at radius 3 is 2.47 bits per heavy atom. The monoisotopic (exact) mass is 278 g/mol. The minimum atomic E-state index is -0.422. The number of ether oxygens (including phenoxy) is 1. The maximum absolute atomic E-state index is 11.8. The number of aromatic nitrogens is 1. The maximum Gasteiger partial charge on any atom is 0.337 e. The molecule has 2 rings (SSSR count). The van der Waals surface area contributed by atoms with Crippen LogP contribution in [0.15, 0.2) is 36.5 Å². The first-order valence-corrected chi connectivity index (χ1v) is 5.81. The Hall–Kier alpha value is -2.27. The lowest BCUT2D eigenvalue weighted by Gasteiger charge is -2.04. The van der Waals surface area contributed by atoms with E-state index in [1.165, 1.54) is 19.4 Å². The van der Waals surface area contributed by atoms with Gasteiger partial charge in [0.25, 0.3) is 5.91 Å². The van der Waals surface area contributed by atoms with E-state index in [9.17, 15) is 9.59 Å². The molecular weight excluding hydrogens is 268 g/mol. The van der Waals surface area contributed by atoms with Crippen molar-refractivity contribution in [1.82, 2.24) is 4.98 Å². The summed E-state index contributed by atoms with van der Waals surface area (Å²) in [6.07, 6.45) is 1.52. The minimum absolute atomic E-state index is 0.308. The van der Waals surface area contributed by atoms with E-state index in [1.807, 2.05) is 0 Å². The molecule has 1 aromatic heterocycles. The molecule has 1 heterocycles. The number of hydrogen-bond acceptors (Lipinski definition) is 3. The van der Waals surface area contributed by atoms with Gasteiger partial charge in [0, 0.05) is 11.9 Å². The van der Waals surface area contributed by atoms with E-state index in [0.717, 1.165) is 0 Å². The number of methoxy groups -OCH3 is 1. The van der Waals surface area contributed by atoms with Crippen molar-refractivity contribution in [2.45, 2.75) is 0 Å². The smallest absolute Gasteiger partial charge is 0.337 e. The molecule has 5 nitrogen and oxygen atoms in total. The van der Waals surface area contributed by atoms with Crippen LogP contribution in [0.25, 0.3) is 0 Å². The number of benzene rings is 1. The zero-order valence-electron chi connectivity index (χ0n) is 10.1. The first-order chi connectivity index (χ1) is 9.10. The molecule has 0 atom stereocenters. The summed E-state index contributed by atoms with van der Waals surface area (Å²) in [5, 5.41) is 3.14. The van der Waals surface area contributed by atoms with Crippen molar-refractivity contribution in [3.8, 4) is 0 Å². The lowest BCUT2D eigenvalue weighted by molar-refractivity contribution is 0.0600. The summed E-state index contributed by atoms with van der Waals surface area (Å²) >= 11 is 5.72. The molecular formula is C13H11ClN2O3. The molecule has 1 amide bonds. The van der Waals surface area contributed by atoms with Crippen LogP contribution >= 0.6 is 11.6 Å². The van der Waals surface area contributed by atoms with Crippen molar-refractivity contribution in [1.29, 1.82) is 0 Å². The second kappa shape index (κ2) is 5.58. The predicted molar refractivity (Wildman–Crippen MR) is 71.5 cm³/mol. The van der Waals surface area contributed by atoms with Crippen LogP contribution in [-0.4, -0.2) is 24.0 Å². The van der Waals surface area contributed by atoms with Gasteiger partial charge in [-0.3, -0.25) is 4.79 Å². The highest BCUT2D eigenvalue weighted by molar-refractivity contribution is 6.31. The van der Waals surface area contributed by atoms with Gasteiger partial charge in [0.05, 0.1) is 17.7 Å². The molecule has 2 aromatic rings. The lowest BCUT2D eigenvalue weighted by atomic mass is 10.2. The standard InChI is InChI=1S/C13H11ClN2O3/c1-19-13(18)8-2-4-10(5-3-8)16-12(17)11-6-9(14)7-15-11/h2-7,15H,1H3,(H,16,17). The fraction of sp³-hybridized carbons (Fsp3) is 0.0769. The Kier molecular flexibility index (Phi) is 3.87. The molecule has 0 fully saturated rings. The summed E-state index contributed by atoms with van der Waals surface area (Å²) in [6.45, 7) is 0. The molecule has 6 heteroatoms. The molecule has 0 radical (unpaired) electrons. The van der Waals surface area contributed by atoms with E-state index >= 15 is 0 Å². The number of hydrogen-bond donors (Lipinski definition) is 2. The first kappa shape index (κ1) is 13.2. The number of amides is 1. The summed E-state index contributed by atoms with van der Waals surface area (Å²) in [4.78, 5) is 25.8. The fourth-order valence-corrected chi connectivity index (χ4v) is 1.67. The van der Waals surface area contributed by atoms with Crippen LogP contribution in [0.2, 0.25) is 5.02 Å². The van der Waals surface area contributed by atoms with E-state index < -0.39 is 5.97 Å². The molecule has 98 valence electrons. The summed E-state index contributed by atoms with van der Waals surface area (Å²) in [5.74, 6) is -0.730. The van der Waals surface area contributed by atoms with Crippen LogP contribution < -0.4 is 5.32 Å². The normalized spacial score (nSPS) is 10.0. The average Bonchev–Trinajstić information content (AvgIpc) is 2.85. The van der Waals surface area contributed by atoms with E-state index in [0.29, 0.717) is 22.0 Å². The molecule has 0 unspecified atom stereocenters. The summed E-state index contributed by atoms with van der Waals surface area (Å²) in [6, 6.07) is 7.91. The summed E-state index contributed by atoms with van der Waals surface area (Å²) < 4.78 is 4.58. The Morgan fingerprint density at radius 2 is 1.95 bits per heavy atom. The van der Waals surface area contributed by atoms with Crippen molar-refractivity contribution in [2.24, 2.45) is 0 Å². The van der Waals surface area contributed by atoms with Crippen molar-refractivity contribution in [3.05, 3.63) is 52.8 Å². The topological polar surface area (TPSA) is 71.2 Å². The molecule has 0 spiro atoms. The number of rotatable bonds is 3. The lowest BCUT2D eigenvalue weighted by Crippen LogP contribution is -2.12. The Bertz CT molecular complexity index is 605. The minimum Gasteiger partial charge on any atom is -0.465 e. The van der Waals surface area contributed by atoms with Gasteiger partial charge in [-0.1, -0.05) is 11.6 Å². The Morgan fingerprint density at radius 1 is 1.26 bits per heavy atom. The van der Waals surface area contributed by atoms with Gasteiger partial charge in [0.15, 0.2) is 0 Å². The third-order valence-electron chi connectivity index (χ3n) is 2.46. The molecule has 19 heavy (non-hydrogen) atoms. The predicted octanol–water partition coefficient (Wildman–Crippen LogP) is 2.71. The molecule has 0 saturated heterocycles. The van der Waals surface area contributed by atoms with Gasteiger partial charge in [-0.2, -0.15) is 0 Å². The zero-order chi connectivity index (χ0) is 13.8. The zero-order valence-corrected chi connectivity index (χ0v) is 10.8. The number of carbonyl (C=O) groups is 2. The number of aromatic amines is 1.